The fourth-order valence-electron chi connectivity index (χ4n) is 2.08. The summed E-state index contributed by atoms with van der Waals surface area (Å²) in [6, 6.07) is 6.21. The van der Waals surface area contributed by atoms with Crippen LogP contribution in [0.25, 0.3) is 0 Å². The fourth-order valence-corrected chi connectivity index (χ4v) is 2.33. The van der Waals surface area contributed by atoms with Gasteiger partial charge in [-0.25, -0.2) is 4.79 Å². The van der Waals surface area contributed by atoms with E-state index >= 15 is 0 Å². The van der Waals surface area contributed by atoms with Gasteiger partial charge in [-0.2, -0.15) is 0 Å². The van der Waals surface area contributed by atoms with Gasteiger partial charge in [-0.05, 0) is 36.2 Å². The number of aryl methyl sites for hydroxylation is 2. The third-order valence-corrected chi connectivity index (χ3v) is 3.39. The van der Waals surface area contributed by atoms with Gasteiger partial charge in [0.1, 0.15) is 5.69 Å². The molecule has 1 aromatic carbocycles. The Morgan fingerprint density at radius 1 is 1.33 bits per heavy atom. The van der Waals surface area contributed by atoms with Crippen molar-refractivity contribution >= 4 is 29.2 Å². The number of carboxylic acid groups (broad SMARTS) is 1. The van der Waals surface area contributed by atoms with E-state index in [0.717, 1.165) is 5.56 Å². The monoisotopic (exact) mass is 306 g/mol. The third kappa shape index (κ3) is 3.25. The van der Waals surface area contributed by atoms with Crippen LogP contribution in [0.5, 0.6) is 0 Å². The number of carboxylic acids is 1. The molecule has 0 aliphatic heterocycles. The van der Waals surface area contributed by atoms with E-state index in [1.54, 1.807) is 36.0 Å². The Morgan fingerprint density at radius 2 is 2.05 bits per heavy atom. The van der Waals surface area contributed by atoms with Crippen LogP contribution < -0.4 is 5.32 Å². The predicted octanol–water partition coefficient (Wildman–Crippen LogP) is 3.19. The summed E-state index contributed by atoms with van der Waals surface area (Å²) in [7, 11) is 1.73. The number of nitrogens with one attached hydrogen (secondary N) is 1. The van der Waals surface area contributed by atoms with Crippen LogP contribution in [-0.2, 0) is 13.5 Å². The van der Waals surface area contributed by atoms with E-state index in [1.807, 2.05) is 6.92 Å². The number of hydrogen-bond donors (Lipinski definition) is 2. The van der Waals surface area contributed by atoms with Crippen molar-refractivity contribution in [2.45, 2.75) is 13.3 Å². The maximum absolute atomic E-state index is 12.2. The number of carbonyl (C=O) groups is 2. The van der Waals surface area contributed by atoms with Gasteiger partial charge in [0, 0.05) is 18.9 Å². The molecule has 0 aliphatic carbocycles. The molecule has 0 aliphatic rings. The van der Waals surface area contributed by atoms with Crippen LogP contribution in [0.15, 0.2) is 30.5 Å². The standard InChI is InChI=1S/C15H15ClN2O3/c1-3-9-6-10(15(20)21)4-5-12(9)17-14(19)13-7-11(16)8-18(13)2/h4-8H,3H2,1-2H3,(H,17,19)(H,20,21). The SMILES string of the molecule is CCc1cc(C(=O)O)ccc1NC(=O)c1cc(Cl)cn1C. The van der Waals surface area contributed by atoms with Crippen molar-refractivity contribution in [3.05, 3.63) is 52.3 Å². The number of aromatic carboxylic acids is 1. The molecular weight excluding hydrogens is 292 g/mol. The molecule has 110 valence electrons. The summed E-state index contributed by atoms with van der Waals surface area (Å²) in [6.07, 6.45) is 2.26. The molecule has 5 nitrogen and oxygen atoms in total. The minimum Gasteiger partial charge on any atom is -0.478 e. The van der Waals surface area contributed by atoms with Gasteiger partial charge in [0.2, 0.25) is 0 Å². The van der Waals surface area contributed by atoms with Crippen molar-refractivity contribution in [2.24, 2.45) is 7.05 Å². The van der Waals surface area contributed by atoms with E-state index in [1.165, 1.54) is 6.07 Å². The fraction of sp³-hybridized carbons (Fsp3) is 0.200. The number of carbonyl (C=O) groups excluding carboxylic acids is 1. The summed E-state index contributed by atoms with van der Waals surface area (Å²) in [5.41, 5.74) is 2.00. The molecular formula is C15H15ClN2O3. The van der Waals surface area contributed by atoms with Crippen LogP contribution in [0.1, 0.15) is 33.3 Å². The summed E-state index contributed by atoms with van der Waals surface area (Å²) >= 11 is 5.86. The first kappa shape index (κ1) is 15.1. The predicted molar refractivity (Wildman–Crippen MR) is 81.2 cm³/mol. The van der Waals surface area contributed by atoms with Crippen LogP contribution in [0.4, 0.5) is 5.69 Å². The van der Waals surface area contributed by atoms with Gasteiger partial charge < -0.3 is 15.0 Å². The summed E-state index contributed by atoms with van der Waals surface area (Å²) in [6.45, 7) is 1.90. The Labute approximate surface area is 127 Å². The third-order valence-electron chi connectivity index (χ3n) is 3.19. The molecule has 2 N–H and O–H groups in total. The van der Waals surface area contributed by atoms with Crippen LogP contribution in [0, 0.1) is 0 Å². The van der Waals surface area contributed by atoms with E-state index in [9.17, 15) is 9.59 Å². The highest BCUT2D eigenvalue weighted by atomic mass is 35.5. The van der Waals surface area contributed by atoms with Crippen LogP contribution in [0.2, 0.25) is 5.02 Å². The Balaban J connectivity index is 2.29. The summed E-state index contributed by atoms with van der Waals surface area (Å²) in [5.74, 6) is -1.28. The molecule has 0 fully saturated rings. The van der Waals surface area contributed by atoms with Crippen molar-refractivity contribution in [1.82, 2.24) is 4.57 Å². The highest BCUT2D eigenvalue weighted by Crippen LogP contribution is 2.20. The lowest BCUT2D eigenvalue weighted by Crippen LogP contribution is -2.16. The smallest absolute Gasteiger partial charge is 0.335 e. The van der Waals surface area contributed by atoms with E-state index in [0.29, 0.717) is 22.8 Å². The van der Waals surface area contributed by atoms with E-state index in [-0.39, 0.29) is 11.5 Å². The van der Waals surface area contributed by atoms with Gasteiger partial charge in [0.25, 0.3) is 5.91 Å². The molecule has 2 rings (SSSR count). The van der Waals surface area contributed by atoms with Crippen molar-refractivity contribution < 1.29 is 14.7 Å². The summed E-state index contributed by atoms with van der Waals surface area (Å²) in [4.78, 5) is 23.2. The normalized spacial score (nSPS) is 10.4. The number of amides is 1. The first-order chi connectivity index (χ1) is 9.92. The van der Waals surface area contributed by atoms with Crippen LogP contribution >= 0.6 is 11.6 Å². The van der Waals surface area contributed by atoms with E-state index < -0.39 is 5.97 Å². The molecule has 0 saturated heterocycles. The van der Waals surface area contributed by atoms with Crippen molar-refractivity contribution in [3.8, 4) is 0 Å². The lowest BCUT2D eigenvalue weighted by atomic mass is 10.1. The average molecular weight is 307 g/mol. The van der Waals surface area contributed by atoms with Crippen molar-refractivity contribution in [2.75, 3.05) is 5.32 Å². The summed E-state index contributed by atoms with van der Waals surface area (Å²) in [5, 5.41) is 12.3. The zero-order chi connectivity index (χ0) is 15.6. The Hall–Kier alpha value is -2.27. The van der Waals surface area contributed by atoms with Gasteiger partial charge in [-0.3, -0.25) is 4.79 Å². The first-order valence-corrected chi connectivity index (χ1v) is 6.79. The molecule has 1 heterocycles. The molecule has 0 unspecified atom stereocenters. The largest absolute Gasteiger partial charge is 0.478 e. The topological polar surface area (TPSA) is 71.3 Å². The Kier molecular flexibility index (Phi) is 4.33. The lowest BCUT2D eigenvalue weighted by Gasteiger charge is -2.11. The number of benzene rings is 1. The lowest BCUT2D eigenvalue weighted by molar-refractivity contribution is 0.0696. The van der Waals surface area contributed by atoms with Crippen LogP contribution in [0.3, 0.4) is 0 Å². The zero-order valence-corrected chi connectivity index (χ0v) is 12.4. The van der Waals surface area contributed by atoms with E-state index in [2.05, 4.69) is 5.32 Å². The van der Waals surface area contributed by atoms with Gasteiger partial charge >= 0.3 is 5.97 Å². The number of hydrogen-bond acceptors (Lipinski definition) is 2. The van der Waals surface area contributed by atoms with Gasteiger partial charge in [-0.15, -0.1) is 0 Å². The molecule has 0 bridgehead atoms. The molecule has 1 aromatic heterocycles. The molecule has 0 spiro atoms. The molecule has 0 radical (unpaired) electrons. The molecule has 1 amide bonds. The summed E-state index contributed by atoms with van der Waals surface area (Å²) < 4.78 is 1.63. The zero-order valence-electron chi connectivity index (χ0n) is 11.7. The first-order valence-electron chi connectivity index (χ1n) is 6.41. The number of aromatic nitrogens is 1. The van der Waals surface area contributed by atoms with Crippen LogP contribution in [-0.4, -0.2) is 21.6 Å². The number of rotatable bonds is 4. The second-order valence-electron chi connectivity index (χ2n) is 4.64. The quantitative estimate of drug-likeness (QED) is 0.911. The molecule has 0 saturated carbocycles. The maximum Gasteiger partial charge on any atom is 0.335 e. The Bertz CT molecular complexity index is 707. The number of nitrogens with zero attached hydrogens (tertiary/aromatic N) is 1. The Morgan fingerprint density at radius 3 is 2.57 bits per heavy atom. The number of halogens is 1. The average Bonchev–Trinajstić information content (AvgIpc) is 2.78. The van der Waals surface area contributed by atoms with Crippen molar-refractivity contribution in [1.29, 1.82) is 0 Å². The molecule has 21 heavy (non-hydrogen) atoms. The second-order valence-corrected chi connectivity index (χ2v) is 5.08. The van der Waals surface area contributed by atoms with Gasteiger partial charge in [-0.1, -0.05) is 18.5 Å². The van der Waals surface area contributed by atoms with Gasteiger partial charge in [0.15, 0.2) is 0 Å². The molecule has 6 heteroatoms. The van der Waals surface area contributed by atoms with E-state index in [4.69, 9.17) is 16.7 Å². The number of anilines is 1. The minimum absolute atomic E-state index is 0.201. The second kappa shape index (κ2) is 6.01. The highest BCUT2D eigenvalue weighted by molar-refractivity contribution is 6.31. The van der Waals surface area contributed by atoms with Gasteiger partial charge in [0.05, 0.1) is 10.6 Å². The minimum atomic E-state index is -0.989. The molecule has 2 aromatic rings. The highest BCUT2D eigenvalue weighted by Gasteiger charge is 2.14. The van der Waals surface area contributed by atoms with Crippen molar-refractivity contribution in [3.63, 3.8) is 0 Å². The maximum atomic E-state index is 12.2. The molecule has 0 atom stereocenters.